The second-order valence-electron chi connectivity index (χ2n) is 17.4. The highest BCUT2D eigenvalue weighted by Gasteiger charge is 2.46. The molecule has 0 aromatic heterocycles. The lowest BCUT2D eigenvalue weighted by Gasteiger charge is -2.51. The number of unbranched alkanes of at least 4 members (excludes halogenated alkanes) is 11. The number of ether oxygens (including phenoxy) is 2. The van der Waals surface area contributed by atoms with Gasteiger partial charge in [0.25, 0.3) is 0 Å². The predicted molar refractivity (Wildman–Crippen MR) is 236 cm³/mol. The molecule has 2 aliphatic rings. The maximum atomic E-state index is 12.9. The number of likely N-dealkylation sites (N-methyl/N-ethyl adjacent to an activating group) is 1. The largest absolute Gasteiger partial charge is 0.461 e. The number of esters is 2. The van der Waals surface area contributed by atoms with E-state index < -0.39 is 6.04 Å². The molecule has 10 heteroatoms. The van der Waals surface area contributed by atoms with E-state index in [0.717, 1.165) is 49.5 Å². The van der Waals surface area contributed by atoms with Gasteiger partial charge in [0, 0.05) is 22.9 Å². The van der Waals surface area contributed by atoms with E-state index >= 15 is 0 Å². The highest BCUT2D eigenvalue weighted by atomic mass is 35.5. The SMILES string of the molecule is CC(C)CC(N(C)C)C1(c2ccc(Cl)cc2)CCC1.CCCCCCCCCCC[C@@H](C[C@@H]1OC(=O)[C@H]1CCCCCC)OC(=O)[C@H](CC(C)C)NC=O.Cl.O. The number of hydrogen-bond donors (Lipinski definition) is 1. The Morgan fingerprint density at radius 1 is 0.893 bits per heavy atom. The Hall–Kier alpha value is -1.87. The van der Waals surface area contributed by atoms with Crippen molar-refractivity contribution in [2.45, 2.75) is 206 Å². The van der Waals surface area contributed by atoms with Crippen LogP contribution in [0.15, 0.2) is 24.3 Å². The minimum atomic E-state index is -0.632. The Kier molecular flexibility index (Phi) is 29.2. The first kappa shape index (κ1) is 54.1. The summed E-state index contributed by atoms with van der Waals surface area (Å²) >= 11 is 6.04. The first-order valence-corrected chi connectivity index (χ1v) is 22.3. The number of benzene rings is 1. The summed E-state index contributed by atoms with van der Waals surface area (Å²) in [5.41, 5.74) is 1.82. The van der Waals surface area contributed by atoms with Crippen molar-refractivity contribution in [2.75, 3.05) is 14.1 Å². The van der Waals surface area contributed by atoms with Gasteiger partial charge < -0.3 is 25.2 Å². The fourth-order valence-corrected chi connectivity index (χ4v) is 8.56. The minimum absolute atomic E-state index is 0. The monoisotopic (exact) mass is 829 g/mol. The highest BCUT2D eigenvalue weighted by Crippen LogP contribution is 2.49. The molecular formula is C46H82Cl2N2O6. The number of carbonyl (C=O) groups excluding carboxylic acids is 3. The van der Waals surface area contributed by atoms with Crippen LogP contribution in [0, 0.1) is 17.8 Å². The zero-order valence-corrected chi connectivity index (χ0v) is 38.1. The van der Waals surface area contributed by atoms with Crippen molar-refractivity contribution in [3.63, 3.8) is 0 Å². The zero-order valence-electron chi connectivity index (χ0n) is 36.6. The molecule has 1 aliphatic carbocycles. The van der Waals surface area contributed by atoms with E-state index in [4.69, 9.17) is 21.1 Å². The van der Waals surface area contributed by atoms with E-state index in [0.29, 0.717) is 30.7 Å². The van der Waals surface area contributed by atoms with Gasteiger partial charge in [0.1, 0.15) is 18.2 Å². The summed E-state index contributed by atoms with van der Waals surface area (Å²) in [4.78, 5) is 38.4. The Labute approximate surface area is 353 Å². The molecule has 1 aromatic rings. The summed E-state index contributed by atoms with van der Waals surface area (Å²) in [7, 11) is 4.45. The molecule has 0 spiro atoms. The van der Waals surface area contributed by atoms with E-state index in [-0.39, 0.29) is 53.9 Å². The van der Waals surface area contributed by atoms with Gasteiger partial charge in [0.05, 0.1) is 5.92 Å². The van der Waals surface area contributed by atoms with Crippen LogP contribution in [0.3, 0.4) is 0 Å². The summed E-state index contributed by atoms with van der Waals surface area (Å²) in [5.74, 6) is 0.431. The zero-order chi connectivity index (χ0) is 39.9. The van der Waals surface area contributed by atoms with Gasteiger partial charge in [-0.1, -0.05) is 149 Å². The molecule has 1 heterocycles. The van der Waals surface area contributed by atoms with Crippen LogP contribution >= 0.6 is 24.0 Å². The van der Waals surface area contributed by atoms with Crippen LogP contribution in [0.1, 0.15) is 182 Å². The van der Waals surface area contributed by atoms with Gasteiger partial charge in [0.15, 0.2) is 0 Å². The van der Waals surface area contributed by atoms with Gasteiger partial charge in [-0.25, -0.2) is 4.79 Å². The summed E-state index contributed by atoms with van der Waals surface area (Å²) in [5, 5.41) is 3.46. The molecule has 5 atom stereocenters. The lowest BCUT2D eigenvalue weighted by atomic mass is 9.58. The maximum absolute atomic E-state index is 12.9. The average Bonchev–Trinajstić information content (AvgIpc) is 3.10. The third-order valence-electron chi connectivity index (χ3n) is 11.7. The molecule has 2 fully saturated rings. The predicted octanol–water partition coefficient (Wildman–Crippen LogP) is 11.2. The smallest absolute Gasteiger partial charge is 0.328 e. The molecule has 326 valence electrons. The van der Waals surface area contributed by atoms with Crippen molar-refractivity contribution in [1.82, 2.24) is 10.2 Å². The van der Waals surface area contributed by atoms with Crippen molar-refractivity contribution in [3.8, 4) is 0 Å². The molecule has 8 nitrogen and oxygen atoms in total. The molecule has 1 saturated carbocycles. The van der Waals surface area contributed by atoms with Crippen molar-refractivity contribution in [3.05, 3.63) is 34.9 Å². The normalized spacial score (nSPS) is 18.5. The number of halogens is 2. The van der Waals surface area contributed by atoms with Gasteiger partial charge in [-0.2, -0.15) is 0 Å². The Bertz CT molecular complexity index is 1180. The molecule has 3 N–H and O–H groups in total. The summed E-state index contributed by atoms with van der Waals surface area (Å²) in [6.45, 7) is 13.1. The lowest BCUT2D eigenvalue weighted by molar-refractivity contribution is -0.190. The van der Waals surface area contributed by atoms with E-state index in [9.17, 15) is 14.4 Å². The fourth-order valence-electron chi connectivity index (χ4n) is 8.44. The van der Waals surface area contributed by atoms with Crippen LogP contribution in [0.2, 0.25) is 5.02 Å². The molecule has 1 amide bonds. The Morgan fingerprint density at radius 3 is 1.89 bits per heavy atom. The summed E-state index contributed by atoms with van der Waals surface area (Å²) in [6.07, 6.45) is 23.7. The van der Waals surface area contributed by atoms with E-state index in [1.807, 2.05) is 26.0 Å². The average molecular weight is 830 g/mol. The highest BCUT2D eigenvalue weighted by molar-refractivity contribution is 6.30. The van der Waals surface area contributed by atoms with Crippen LogP contribution in [0.5, 0.6) is 0 Å². The standard InChI is InChI=1S/C29H53NO5.C17H26ClN.ClH.H2O/c1-5-7-9-11-12-13-14-15-16-18-24(34-29(33)26(30-22-31)20-23(3)4)21-27-25(28(32)35-27)19-17-10-8-6-2;1-13(2)12-16(19(3)4)17(10-5-11-17)14-6-8-15(18)9-7-14;;/h22-27H,5-21H2,1-4H3,(H,30,31);6-9,13,16H,5,10-12H2,1-4H3;1H;1H2/t24-,25-,26-,27-;;;/m0.../s1. The van der Waals surface area contributed by atoms with Crippen LogP contribution < -0.4 is 5.32 Å². The second kappa shape index (κ2) is 30.2. The lowest BCUT2D eigenvalue weighted by Crippen LogP contribution is -2.52. The van der Waals surface area contributed by atoms with Gasteiger partial charge >= 0.3 is 11.9 Å². The molecular weight excluding hydrogens is 747 g/mol. The molecule has 3 rings (SSSR count). The van der Waals surface area contributed by atoms with Crippen LogP contribution in [0.4, 0.5) is 0 Å². The number of nitrogens with one attached hydrogen (secondary N) is 1. The number of rotatable bonds is 28. The number of amides is 1. The van der Waals surface area contributed by atoms with Gasteiger partial charge in [-0.15, -0.1) is 12.4 Å². The molecule has 1 aromatic carbocycles. The Balaban J connectivity index is 0.00000121. The second-order valence-corrected chi connectivity index (χ2v) is 17.9. The minimum Gasteiger partial charge on any atom is -0.461 e. The van der Waals surface area contributed by atoms with Crippen molar-refractivity contribution < 1.29 is 29.3 Å². The van der Waals surface area contributed by atoms with Gasteiger partial charge in [-0.05, 0) is 88.6 Å². The van der Waals surface area contributed by atoms with Crippen molar-refractivity contribution in [1.29, 1.82) is 0 Å². The van der Waals surface area contributed by atoms with Crippen LogP contribution in [0.25, 0.3) is 0 Å². The van der Waals surface area contributed by atoms with E-state index in [1.54, 1.807) is 0 Å². The quantitative estimate of drug-likeness (QED) is 0.0511. The Morgan fingerprint density at radius 2 is 1.43 bits per heavy atom. The van der Waals surface area contributed by atoms with Crippen LogP contribution in [-0.4, -0.2) is 67.1 Å². The van der Waals surface area contributed by atoms with Crippen LogP contribution in [-0.2, 0) is 29.3 Å². The molecule has 1 unspecified atom stereocenters. The third kappa shape index (κ3) is 19.3. The fraction of sp³-hybridized carbons (Fsp3) is 0.804. The van der Waals surface area contributed by atoms with Crippen molar-refractivity contribution >= 4 is 42.4 Å². The van der Waals surface area contributed by atoms with Crippen molar-refractivity contribution in [2.24, 2.45) is 17.8 Å². The third-order valence-corrected chi connectivity index (χ3v) is 11.9. The summed E-state index contributed by atoms with van der Waals surface area (Å²) in [6, 6.07) is 8.55. The van der Waals surface area contributed by atoms with E-state index in [2.05, 4.69) is 64.1 Å². The number of hydrogen-bond acceptors (Lipinski definition) is 6. The van der Waals surface area contributed by atoms with E-state index in [1.165, 1.54) is 89.0 Å². The molecule has 56 heavy (non-hydrogen) atoms. The maximum Gasteiger partial charge on any atom is 0.328 e. The number of cyclic esters (lactones) is 1. The molecule has 1 saturated heterocycles. The summed E-state index contributed by atoms with van der Waals surface area (Å²) < 4.78 is 11.4. The number of nitrogens with zero attached hydrogens (tertiary/aromatic N) is 1. The van der Waals surface area contributed by atoms with Gasteiger partial charge in [0.2, 0.25) is 6.41 Å². The molecule has 1 aliphatic heterocycles. The molecule has 0 radical (unpaired) electrons. The number of carbonyl (C=O) groups is 3. The van der Waals surface area contributed by atoms with Gasteiger partial charge in [-0.3, -0.25) is 9.59 Å². The molecule has 0 bridgehead atoms. The topological polar surface area (TPSA) is 116 Å². The first-order valence-electron chi connectivity index (χ1n) is 21.9. The first-order chi connectivity index (χ1) is 25.9.